The van der Waals surface area contributed by atoms with E-state index in [0.717, 1.165) is 27.7 Å². The molecule has 21 heavy (non-hydrogen) atoms. The summed E-state index contributed by atoms with van der Waals surface area (Å²) < 4.78 is 0. The number of ketones is 1. The molecule has 1 aromatic heterocycles. The number of pyridine rings is 1. The number of fused-ring (bicyclic) bond motifs is 1. The second kappa shape index (κ2) is 5.66. The van der Waals surface area contributed by atoms with Gasteiger partial charge >= 0.3 is 0 Å². The molecule has 0 aliphatic rings. The van der Waals surface area contributed by atoms with E-state index in [4.69, 9.17) is 11.6 Å². The first-order chi connectivity index (χ1) is 10.1. The molecule has 0 aliphatic carbocycles. The molecule has 0 fully saturated rings. The first kappa shape index (κ1) is 13.8. The van der Waals surface area contributed by atoms with Crippen molar-refractivity contribution in [2.45, 2.75) is 13.3 Å². The number of rotatable bonds is 3. The van der Waals surface area contributed by atoms with Crippen LogP contribution in [0.1, 0.15) is 21.6 Å². The summed E-state index contributed by atoms with van der Waals surface area (Å²) in [6.07, 6.45) is 0.366. The number of carbonyl (C=O) groups is 1. The zero-order chi connectivity index (χ0) is 14.8. The van der Waals surface area contributed by atoms with Crippen molar-refractivity contribution in [2.24, 2.45) is 0 Å². The van der Waals surface area contributed by atoms with Gasteiger partial charge in [0.2, 0.25) is 0 Å². The van der Waals surface area contributed by atoms with Crippen molar-refractivity contribution in [1.29, 1.82) is 0 Å². The normalized spacial score (nSPS) is 10.8. The Morgan fingerprint density at radius 3 is 2.57 bits per heavy atom. The van der Waals surface area contributed by atoms with E-state index >= 15 is 0 Å². The molecule has 2 aromatic carbocycles. The van der Waals surface area contributed by atoms with Gasteiger partial charge in [-0.2, -0.15) is 0 Å². The number of para-hydroxylation sites is 1. The minimum atomic E-state index is 0.0963. The second-order valence-electron chi connectivity index (χ2n) is 5.05. The largest absolute Gasteiger partial charge is 0.294 e. The Labute approximate surface area is 128 Å². The highest BCUT2D eigenvalue weighted by molar-refractivity contribution is 6.30. The lowest BCUT2D eigenvalue weighted by atomic mass is 9.99. The molecule has 0 unspecified atom stereocenters. The third-order valence-electron chi connectivity index (χ3n) is 3.42. The van der Waals surface area contributed by atoms with Crippen molar-refractivity contribution in [2.75, 3.05) is 0 Å². The van der Waals surface area contributed by atoms with E-state index in [9.17, 15) is 4.79 Å². The van der Waals surface area contributed by atoms with E-state index in [0.29, 0.717) is 11.4 Å². The van der Waals surface area contributed by atoms with E-state index < -0.39 is 0 Å². The molecule has 0 aliphatic heterocycles. The Balaban J connectivity index is 1.99. The lowest BCUT2D eigenvalue weighted by molar-refractivity contribution is 0.0994. The average molecular weight is 296 g/mol. The maximum atomic E-state index is 12.6. The van der Waals surface area contributed by atoms with Gasteiger partial charge in [0, 0.05) is 28.1 Å². The number of carbonyl (C=O) groups excluding carboxylic acids is 1. The summed E-state index contributed by atoms with van der Waals surface area (Å²) in [5, 5.41) is 1.58. The molecule has 0 radical (unpaired) electrons. The summed E-state index contributed by atoms with van der Waals surface area (Å²) in [6.45, 7) is 1.91. The number of aryl methyl sites for hydroxylation is 1. The fourth-order valence-electron chi connectivity index (χ4n) is 2.42. The van der Waals surface area contributed by atoms with Crippen LogP contribution in [-0.4, -0.2) is 10.8 Å². The molecule has 2 nitrogen and oxygen atoms in total. The van der Waals surface area contributed by atoms with Crippen LogP contribution < -0.4 is 0 Å². The Morgan fingerprint density at radius 1 is 1.10 bits per heavy atom. The van der Waals surface area contributed by atoms with Crippen LogP contribution in [0, 0.1) is 6.92 Å². The zero-order valence-electron chi connectivity index (χ0n) is 11.6. The molecular formula is C18H14ClNO. The van der Waals surface area contributed by atoms with Gasteiger partial charge in [0.15, 0.2) is 5.78 Å². The number of aromatic nitrogens is 1. The van der Waals surface area contributed by atoms with E-state index in [1.54, 1.807) is 12.1 Å². The monoisotopic (exact) mass is 295 g/mol. The SMILES string of the molecule is Cc1cc(C(=O)Cc2ccc(Cl)cc2)c2ccccc2n1. The molecule has 1 heterocycles. The van der Waals surface area contributed by atoms with Crippen LogP contribution in [0.3, 0.4) is 0 Å². The van der Waals surface area contributed by atoms with Crippen LogP contribution in [0.2, 0.25) is 5.02 Å². The molecular weight excluding hydrogens is 282 g/mol. The van der Waals surface area contributed by atoms with Gasteiger partial charge in [-0.05, 0) is 36.8 Å². The summed E-state index contributed by atoms with van der Waals surface area (Å²) in [5.74, 6) is 0.0963. The maximum absolute atomic E-state index is 12.6. The van der Waals surface area contributed by atoms with Crippen LogP contribution in [0.5, 0.6) is 0 Å². The molecule has 0 bridgehead atoms. The Morgan fingerprint density at radius 2 is 1.81 bits per heavy atom. The highest BCUT2D eigenvalue weighted by Gasteiger charge is 2.12. The van der Waals surface area contributed by atoms with E-state index in [2.05, 4.69) is 4.98 Å². The summed E-state index contributed by atoms with van der Waals surface area (Å²) in [4.78, 5) is 17.1. The average Bonchev–Trinajstić information content (AvgIpc) is 2.48. The van der Waals surface area contributed by atoms with E-state index in [1.807, 2.05) is 49.4 Å². The Bertz CT molecular complexity index is 809. The smallest absolute Gasteiger partial charge is 0.167 e. The van der Waals surface area contributed by atoms with Gasteiger partial charge < -0.3 is 0 Å². The van der Waals surface area contributed by atoms with Gasteiger partial charge in [-0.3, -0.25) is 9.78 Å². The predicted octanol–water partition coefficient (Wildman–Crippen LogP) is 4.62. The zero-order valence-corrected chi connectivity index (χ0v) is 12.4. The second-order valence-corrected chi connectivity index (χ2v) is 5.49. The molecule has 3 rings (SSSR count). The molecule has 0 spiro atoms. The van der Waals surface area contributed by atoms with E-state index in [1.165, 1.54) is 0 Å². The minimum Gasteiger partial charge on any atom is -0.294 e. The number of Topliss-reactive ketones (excluding diaryl/α,β-unsaturated/α-hetero) is 1. The van der Waals surface area contributed by atoms with Crippen molar-refractivity contribution in [3.05, 3.63) is 76.4 Å². The molecule has 104 valence electrons. The van der Waals surface area contributed by atoms with Gasteiger partial charge in [-0.25, -0.2) is 0 Å². The highest BCUT2D eigenvalue weighted by Crippen LogP contribution is 2.20. The third kappa shape index (κ3) is 2.96. The molecule has 0 saturated carbocycles. The van der Waals surface area contributed by atoms with Crippen LogP contribution in [0.15, 0.2) is 54.6 Å². The van der Waals surface area contributed by atoms with Crippen LogP contribution >= 0.6 is 11.6 Å². The Hall–Kier alpha value is -2.19. The summed E-state index contributed by atoms with van der Waals surface area (Å²) in [7, 11) is 0. The van der Waals surface area contributed by atoms with Crippen LogP contribution in [-0.2, 0) is 6.42 Å². The predicted molar refractivity (Wildman–Crippen MR) is 86.0 cm³/mol. The first-order valence-electron chi connectivity index (χ1n) is 6.77. The topological polar surface area (TPSA) is 30.0 Å². The molecule has 3 heteroatoms. The number of nitrogens with zero attached hydrogens (tertiary/aromatic N) is 1. The maximum Gasteiger partial charge on any atom is 0.167 e. The third-order valence-corrected chi connectivity index (χ3v) is 3.67. The lowest BCUT2D eigenvalue weighted by Gasteiger charge is -2.07. The minimum absolute atomic E-state index is 0.0963. The van der Waals surface area contributed by atoms with Crippen molar-refractivity contribution < 1.29 is 4.79 Å². The van der Waals surface area contributed by atoms with Gasteiger partial charge in [0.1, 0.15) is 0 Å². The first-order valence-corrected chi connectivity index (χ1v) is 7.15. The van der Waals surface area contributed by atoms with Gasteiger partial charge in [0.05, 0.1) is 5.52 Å². The summed E-state index contributed by atoms with van der Waals surface area (Å²) >= 11 is 5.87. The van der Waals surface area contributed by atoms with Crippen LogP contribution in [0.4, 0.5) is 0 Å². The highest BCUT2D eigenvalue weighted by atomic mass is 35.5. The van der Waals surface area contributed by atoms with Crippen molar-refractivity contribution in [3.8, 4) is 0 Å². The fraction of sp³-hybridized carbons (Fsp3) is 0.111. The number of hydrogen-bond acceptors (Lipinski definition) is 2. The molecule has 0 amide bonds. The lowest BCUT2D eigenvalue weighted by Crippen LogP contribution is -2.05. The molecule has 0 N–H and O–H groups in total. The standard InChI is InChI=1S/C18H14ClNO/c1-12-10-16(15-4-2-3-5-17(15)20-12)18(21)11-13-6-8-14(19)9-7-13/h2-10H,11H2,1H3. The Kier molecular flexibility index (Phi) is 3.72. The van der Waals surface area contributed by atoms with E-state index in [-0.39, 0.29) is 5.78 Å². The fourth-order valence-corrected chi connectivity index (χ4v) is 2.55. The molecule has 0 saturated heterocycles. The van der Waals surface area contributed by atoms with Crippen molar-refractivity contribution in [1.82, 2.24) is 4.98 Å². The number of hydrogen-bond donors (Lipinski definition) is 0. The quantitative estimate of drug-likeness (QED) is 0.660. The molecule has 0 atom stereocenters. The van der Waals surface area contributed by atoms with Gasteiger partial charge in [-0.1, -0.05) is 41.9 Å². The van der Waals surface area contributed by atoms with Crippen molar-refractivity contribution in [3.63, 3.8) is 0 Å². The molecule has 3 aromatic rings. The number of benzene rings is 2. The summed E-state index contributed by atoms with van der Waals surface area (Å²) in [6, 6.07) is 17.0. The van der Waals surface area contributed by atoms with Gasteiger partial charge in [-0.15, -0.1) is 0 Å². The van der Waals surface area contributed by atoms with Gasteiger partial charge in [0.25, 0.3) is 0 Å². The number of halogens is 1. The van der Waals surface area contributed by atoms with Crippen molar-refractivity contribution >= 4 is 28.3 Å². The summed E-state index contributed by atoms with van der Waals surface area (Å²) in [5.41, 5.74) is 3.40. The van der Waals surface area contributed by atoms with Crippen LogP contribution in [0.25, 0.3) is 10.9 Å².